The third kappa shape index (κ3) is 3.09. The Bertz CT molecular complexity index is 1460. The first kappa shape index (κ1) is 19.4. The highest BCUT2D eigenvalue weighted by atomic mass is 35.5. The number of hydrogen-bond donors (Lipinski definition) is 1. The third-order valence-electron chi connectivity index (χ3n) is 5.08. The van der Waals surface area contributed by atoms with Gasteiger partial charge >= 0.3 is 6.18 Å². The number of nitrogens with one attached hydrogen (secondary N) is 1. The largest absolute Gasteiger partial charge is 0.416 e. The highest BCUT2D eigenvalue weighted by Gasteiger charge is 2.32. The lowest BCUT2D eigenvalue weighted by molar-refractivity contribution is -0.137. The van der Waals surface area contributed by atoms with E-state index in [2.05, 4.69) is 15.2 Å². The van der Waals surface area contributed by atoms with Gasteiger partial charge in [-0.1, -0.05) is 23.7 Å². The van der Waals surface area contributed by atoms with E-state index in [9.17, 15) is 18.0 Å². The number of halogens is 4. The first-order valence-electron chi connectivity index (χ1n) is 9.14. The number of nitrogens with zero attached hydrogens (tertiary/aromatic N) is 4. The molecule has 1 aromatic heterocycles. The molecule has 0 bridgehead atoms. The molecule has 0 amide bonds. The molecule has 5 rings (SSSR count). The van der Waals surface area contributed by atoms with Gasteiger partial charge in [0.2, 0.25) is 0 Å². The molecule has 31 heavy (non-hydrogen) atoms. The fraction of sp³-hybridized carbons (Fsp3) is 0.0952. The van der Waals surface area contributed by atoms with Crippen LogP contribution in [0.2, 0.25) is 5.02 Å². The summed E-state index contributed by atoms with van der Waals surface area (Å²) in [7, 11) is 1.69. The Morgan fingerprint density at radius 3 is 2.55 bits per heavy atom. The predicted molar refractivity (Wildman–Crippen MR) is 111 cm³/mol. The third-order valence-corrected chi connectivity index (χ3v) is 5.33. The van der Waals surface area contributed by atoms with E-state index in [4.69, 9.17) is 11.6 Å². The molecule has 10 heteroatoms. The molecule has 2 aliphatic heterocycles. The molecule has 1 N–H and O–H groups in total. The lowest BCUT2D eigenvalue weighted by atomic mass is 10.0. The molecule has 156 valence electrons. The molecule has 0 saturated heterocycles. The van der Waals surface area contributed by atoms with Gasteiger partial charge in [0.15, 0.2) is 0 Å². The molecule has 2 aliphatic rings. The van der Waals surface area contributed by atoms with Crippen molar-refractivity contribution in [2.75, 3.05) is 0 Å². The smallest absolute Gasteiger partial charge is 0.339 e. The van der Waals surface area contributed by atoms with E-state index in [0.29, 0.717) is 27.4 Å². The number of alkyl halides is 3. The van der Waals surface area contributed by atoms with Crippen molar-refractivity contribution in [2.45, 2.75) is 6.18 Å². The molecule has 0 fully saturated rings. The lowest BCUT2D eigenvalue weighted by Crippen LogP contribution is -2.15. The number of aromatic nitrogens is 5. The molecule has 0 unspecified atom stereocenters. The van der Waals surface area contributed by atoms with Crippen molar-refractivity contribution in [2.24, 2.45) is 7.05 Å². The molecular weight excluding hydrogens is 431 g/mol. The number of rotatable bonds is 2. The van der Waals surface area contributed by atoms with Gasteiger partial charge < -0.3 is 4.98 Å². The van der Waals surface area contributed by atoms with E-state index >= 15 is 0 Å². The number of H-pyrrole nitrogens is 1. The fourth-order valence-electron chi connectivity index (χ4n) is 3.58. The number of aromatic amines is 1. The number of fused-ring (bicyclic) bond motifs is 3. The first-order chi connectivity index (χ1) is 14.7. The van der Waals surface area contributed by atoms with Crippen molar-refractivity contribution in [3.8, 4) is 28.2 Å². The molecule has 6 nitrogen and oxygen atoms in total. The van der Waals surface area contributed by atoms with Crippen molar-refractivity contribution in [3.63, 3.8) is 0 Å². The van der Waals surface area contributed by atoms with Gasteiger partial charge in [0.05, 0.1) is 34.1 Å². The second-order valence-electron chi connectivity index (χ2n) is 7.03. The Kier molecular flexibility index (Phi) is 4.19. The van der Waals surface area contributed by atoms with Crippen molar-refractivity contribution in [1.29, 1.82) is 0 Å². The van der Waals surface area contributed by atoms with Crippen LogP contribution in [0.5, 0.6) is 0 Å². The van der Waals surface area contributed by atoms with Gasteiger partial charge in [0.25, 0.3) is 5.56 Å². The van der Waals surface area contributed by atoms with Crippen LogP contribution in [0, 0.1) is 0 Å². The SMILES string of the molecule is Cn1ncc2c3nn(-c4ccc(Cl)cc4)c(=O)c-3c(-c3cccc(C(F)(F)F)c3)[nH]c21. The maximum atomic E-state index is 13.3. The molecule has 2 aromatic carbocycles. The van der Waals surface area contributed by atoms with Crippen LogP contribution >= 0.6 is 11.6 Å². The summed E-state index contributed by atoms with van der Waals surface area (Å²) in [4.78, 5) is 16.4. The zero-order chi connectivity index (χ0) is 21.9. The molecule has 0 saturated carbocycles. The Balaban J connectivity index is 1.85. The summed E-state index contributed by atoms with van der Waals surface area (Å²) in [6.07, 6.45) is -2.96. The van der Waals surface area contributed by atoms with Crippen LogP contribution in [0.15, 0.2) is 59.5 Å². The van der Waals surface area contributed by atoms with Gasteiger partial charge in [-0.25, -0.2) is 0 Å². The van der Waals surface area contributed by atoms with Gasteiger partial charge in [-0.05, 0) is 42.0 Å². The summed E-state index contributed by atoms with van der Waals surface area (Å²) < 4.78 is 42.6. The summed E-state index contributed by atoms with van der Waals surface area (Å²) in [6, 6.07) is 11.4. The first-order valence-corrected chi connectivity index (χ1v) is 9.52. The standard InChI is InChI=1S/C21H13ClF3N5O/c1-29-19-15(10-26-29)18-16(20(31)30(28-18)14-7-5-13(22)6-8-14)17(27-19)11-3-2-4-12(9-11)21(23,24)25/h2-10,27H,1H3. The summed E-state index contributed by atoms with van der Waals surface area (Å²) in [5, 5.41) is 9.76. The highest BCUT2D eigenvalue weighted by molar-refractivity contribution is 6.30. The lowest BCUT2D eigenvalue weighted by Gasteiger charge is -2.11. The molecule has 0 atom stereocenters. The topological polar surface area (TPSA) is 68.5 Å². The Morgan fingerprint density at radius 1 is 1.10 bits per heavy atom. The van der Waals surface area contributed by atoms with Crippen LogP contribution in [-0.4, -0.2) is 24.5 Å². The number of pyridine rings is 1. The minimum atomic E-state index is -4.51. The molecular formula is C21H13ClF3N5O. The Morgan fingerprint density at radius 2 is 1.84 bits per heavy atom. The molecule has 3 aromatic rings. The molecule has 0 radical (unpaired) electrons. The monoisotopic (exact) mass is 443 g/mol. The summed E-state index contributed by atoms with van der Waals surface area (Å²) in [6.45, 7) is 0. The minimum absolute atomic E-state index is 0.176. The molecule has 3 heterocycles. The van der Waals surface area contributed by atoms with E-state index in [1.807, 2.05) is 0 Å². The van der Waals surface area contributed by atoms with E-state index in [1.165, 1.54) is 21.5 Å². The van der Waals surface area contributed by atoms with Crippen LogP contribution < -0.4 is 5.56 Å². The van der Waals surface area contributed by atoms with Crippen LogP contribution in [0.3, 0.4) is 0 Å². The fourth-order valence-corrected chi connectivity index (χ4v) is 3.71. The second-order valence-corrected chi connectivity index (χ2v) is 7.46. The maximum Gasteiger partial charge on any atom is 0.416 e. The van der Waals surface area contributed by atoms with Gasteiger partial charge in [0, 0.05) is 12.1 Å². The zero-order valence-corrected chi connectivity index (χ0v) is 16.7. The zero-order valence-electron chi connectivity index (χ0n) is 15.9. The average Bonchev–Trinajstić information content (AvgIpc) is 3.28. The van der Waals surface area contributed by atoms with Gasteiger partial charge in [-0.2, -0.15) is 28.1 Å². The van der Waals surface area contributed by atoms with Crippen LogP contribution in [0.4, 0.5) is 13.2 Å². The maximum absolute atomic E-state index is 13.3. The second kappa shape index (κ2) is 6.71. The van der Waals surface area contributed by atoms with Crippen LogP contribution in [-0.2, 0) is 13.2 Å². The molecule has 0 spiro atoms. The number of benzene rings is 2. The Hall–Kier alpha value is -3.59. The average molecular weight is 444 g/mol. The quantitative estimate of drug-likeness (QED) is 0.422. The van der Waals surface area contributed by atoms with Crippen molar-refractivity contribution >= 4 is 22.6 Å². The van der Waals surface area contributed by atoms with E-state index < -0.39 is 17.3 Å². The number of hydrogen-bond acceptors (Lipinski definition) is 3. The molecule has 0 aliphatic carbocycles. The summed E-state index contributed by atoms with van der Waals surface area (Å²) in [5.41, 5.74) is 0.710. The normalized spacial score (nSPS) is 12.2. The van der Waals surface area contributed by atoms with Gasteiger partial charge in [-0.15, -0.1) is 0 Å². The predicted octanol–water partition coefficient (Wildman–Crippen LogP) is 4.89. The van der Waals surface area contributed by atoms with Crippen LogP contribution in [0.25, 0.3) is 39.2 Å². The van der Waals surface area contributed by atoms with Gasteiger partial charge in [0.1, 0.15) is 11.3 Å². The van der Waals surface area contributed by atoms with Crippen molar-refractivity contribution in [1.82, 2.24) is 24.5 Å². The Labute approximate surface area is 177 Å². The minimum Gasteiger partial charge on any atom is -0.339 e. The van der Waals surface area contributed by atoms with E-state index in [1.54, 1.807) is 37.5 Å². The van der Waals surface area contributed by atoms with E-state index in [0.717, 1.165) is 12.1 Å². The number of aryl methyl sites for hydroxylation is 1. The van der Waals surface area contributed by atoms with Crippen LogP contribution in [0.1, 0.15) is 5.56 Å². The van der Waals surface area contributed by atoms with E-state index in [-0.39, 0.29) is 16.8 Å². The van der Waals surface area contributed by atoms with Crippen molar-refractivity contribution in [3.05, 3.63) is 75.7 Å². The highest BCUT2D eigenvalue weighted by Crippen LogP contribution is 2.37. The summed E-state index contributed by atoms with van der Waals surface area (Å²) in [5.74, 6) is 0. The van der Waals surface area contributed by atoms with Gasteiger partial charge in [-0.3, -0.25) is 9.48 Å². The summed E-state index contributed by atoms with van der Waals surface area (Å²) >= 11 is 5.94. The van der Waals surface area contributed by atoms with Crippen molar-refractivity contribution < 1.29 is 13.2 Å².